The fraction of sp³-hybridized carbons (Fsp3) is 0.500. The Balaban J connectivity index is 2.15. The predicted molar refractivity (Wildman–Crippen MR) is 95.1 cm³/mol. The first kappa shape index (κ1) is 18.5. The molecule has 1 rings (SSSR count). The molecule has 0 radical (unpaired) electrons. The van der Waals surface area contributed by atoms with E-state index >= 15 is 0 Å². The Bertz CT molecular complexity index is 474. The minimum absolute atomic E-state index is 0.0932. The number of carbonyl (C=O) groups excluding carboxylic acids is 1. The zero-order valence-electron chi connectivity index (χ0n) is 13.1. The highest BCUT2D eigenvalue weighted by molar-refractivity contribution is 9.10. The van der Waals surface area contributed by atoms with Crippen molar-refractivity contribution in [1.29, 1.82) is 0 Å². The van der Waals surface area contributed by atoms with Gasteiger partial charge in [-0.15, -0.1) is 0 Å². The number of aliphatic imine (C=N–C) groups is 1. The van der Waals surface area contributed by atoms with Crippen molar-refractivity contribution in [2.45, 2.75) is 32.6 Å². The summed E-state index contributed by atoms with van der Waals surface area (Å²) < 4.78 is 0.952. The van der Waals surface area contributed by atoms with Crippen LogP contribution < -0.4 is 16.4 Å². The number of hydrogen-bond donors (Lipinski definition) is 3. The van der Waals surface area contributed by atoms with Crippen LogP contribution in [-0.4, -0.2) is 31.5 Å². The Morgan fingerprint density at radius 1 is 1.14 bits per heavy atom. The third kappa shape index (κ3) is 8.02. The molecule has 0 unspecified atom stereocenters. The molecular weight excluding hydrogens is 344 g/mol. The van der Waals surface area contributed by atoms with E-state index in [0.717, 1.165) is 17.4 Å². The molecule has 6 heteroatoms. The maximum absolute atomic E-state index is 11.9. The highest BCUT2D eigenvalue weighted by Gasteiger charge is 2.03. The molecule has 0 heterocycles. The second-order valence-corrected chi connectivity index (χ2v) is 5.93. The second-order valence-electron chi connectivity index (χ2n) is 5.02. The average Bonchev–Trinajstić information content (AvgIpc) is 2.52. The number of rotatable bonds is 9. The van der Waals surface area contributed by atoms with Gasteiger partial charge in [0.25, 0.3) is 5.91 Å². The molecule has 5 nitrogen and oxygen atoms in total. The molecular formula is C16H25BrN4O. The summed E-state index contributed by atoms with van der Waals surface area (Å²) in [5.74, 6) is 0.346. The molecule has 0 fully saturated rings. The van der Waals surface area contributed by atoms with Crippen molar-refractivity contribution in [1.82, 2.24) is 10.6 Å². The first-order valence-electron chi connectivity index (χ1n) is 7.71. The van der Waals surface area contributed by atoms with Crippen molar-refractivity contribution in [3.63, 3.8) is 0 Å². The Labute approximate surface area is 140 Å². The van der Waals surface area contributed by atoms with E-state index in [-0.39, 0.29) is 5.91 Å². The molecule has 0 atom stereocenters. The van der Waals surface area contributed by atoms with Crippen molar-refractivity contribution in [2.75, 3.05) is 19.6 Å². The van der Waals surface area contributed by atoms with E-state index in [9.17, 15) is 4.79 Å². The standard InChI is InChI=1S/C16H25BrN4O/c1-2-3-4-5-10-20-16(18)21-12-11-19-15(22)13-6-8-14(17)9-7-13/h6-9H,2-5,10-12H2,1H3,(H,19,22)(H3,18,20,21). The van der Waals surface area contributed by atoms with Crippen LogP contribution >= 0.6 is 15.9 Å². The van der Waals surface area contributed by atoms with E-state index in [1.54, 1.807) is 12.1 Å². The van der Waals surface area contributed by atoms with Gasteiger partial charge in [0.1, 0.15) is 0 Å². The highest BCUT2D eigenvalue weighted by atomic mass is 79.9. The van der Waals surface area contributed by atoms with Crippen molar-refractivity contribution in [2.24, 2.45) is 10.7 Å². The summed E-state index contributed by atoms with van der Waals surface area (Å²) >= 11 is 3.34. The monoisotopic (exact) mass is 368 g/mol. The Kier molecular flexibility index (Phi) is 9.30. The Morgan fingerprint density at radius 3 is 2.50 bits per heavy atom. The lowest BCUT2D eigenvalue weighted by molar-refractivity contribution is 0.0954. The SMILES string of the molecule is CCCCCCN=C(N)NCCNC(=O)c1ccc(Br)cc1. The van der Waals surface area contributed by atoms with Gasteiger partial charge in [0.2, 0.25) is 0 Å². The maximum Gasteiger partial charge on any atom is 0.251 e. The minimum Gasteiger partial charge on any atom is -0.370 e. The fourth-order valence-electron chi connectivity index (χ4n) is 1.86. The molecule has 122 valence electrons. The van der Waals surface area contributed by atoms with Crippen molar-refractivity contribution in [3.05, 3.63) is 34.3 Å². The molecule has 1 aromatic carbocycles. The number of nitrogens with two attached hydrogens (primary N) is 1. The van der Waals surface area contributed by atoms with E-state index in [1.165, 1.54) is 19.3 Å². The quantitative estimate of drug-likeness (QED) is 0.356. The van der Waals surface area contributed by atoms with Gasteiger partial charge in [-0.3, -0.25) is 9.79 Å². The third-order valence-electron chi connectivity index (χ3n) is 3.12. The van der Waals surface area contributed by atoms with E-state index < -0.39 is 0 Å². The van der Waals surface area contributed by atoms with Gasteiger partial charge in [0, 0.05) is 29.7 Å². The summed E-state index contributed by atoms with van der Waals surface area (Å²) in [5.41, 5.74) is 6.39. The zero-order valence-corrected chi connectivity index (χ0v) is 14.7. The van der Waals surface area contributed by atoms with Crippen LogP contribution in [-0.2, 0) is 0 Å². The fourth-order valence-corrected chi connectivity index (χ4v) is 2.13. The van der Waals surface area contributed by atoms with Crippen molar-refractivity contribution < 1.29 is 4.79 Å². The summed E-state index contributed by atoms with van der Waals surface area (Å²) in [6, 6.07) is 7.24. The molecule has 0 saturated carbocycles. The van der Waals surface area contributed by atoms with E-state index in [2.05, 4.69) is 38.5 Å². The van der Waals surface area contributed by atoms with Crippen LogP contribution in [0.3, 0.4) is 0 Å². The molecule has 0 saturated heterocycles. The highest BCUT2D eigenvalue weighted by Crippen LogP contribution is 2.10. The van der Waals surface area contributed by atoms with Gasteiger partial charge >= 0.3 is 0 Å². The minimum atomic E-state index is -0.0932. The summed E-state index contributed by atoms with van der Waals surface area (Å²) in [6.07, 6.45) is 4.72. The van der Waals surface area contributed by atoms with Gasteiger partial charge in [-0.25, -0.2) is 0 Å². The molecule has 4 N–H and O–H groups in total. The van der Waals surface area contributed by atoms with Gasteiger partial charge in [-0.1, -0.05) is 42.1 Å². The lowest BCUT2D eigenvalue weighted by Crippen LogP contribution is -2.38. The number of hydrogen-bond acceptors (Lipinski definition) is 2. The van der Waals surface area contributed by atoms with Crippen molar-refractivity contribution >= 4 is 27.8 Å². The number of benzene rings is 1. The second kappa shape index (κ2) is 11.1. The molecule has 0 aliphatic heterocycles. The van der Waals surface area contributed by atoms with Gasteiger partial charge in [-0.05, 0) is 30.7 Å². The number of halogens is 1. The van der Waals surface area contributed by atoms with E-state index in [4.69, 9.17) is 5.73 Å². The first-order chi connectivity index (χ1) is 10.6. The summed E-state index contributed by atoms with van der Waals surface area (Å²) in [4.78, 5) is 16.1. The molecule has 0 aromatic heterocycles. The van der Waals surface area contributed by atoms with E-state index in [0.29, 0.717) is 24.6 Å². The lowest BCUT2D eigenvalue weighted by atomic mass is 10.2. The molecule has 0 aliphatic carbocycles. The molecule has 0 aliphatic rings. The van der Waals surface area contributed by atoms with Crippen LogP contribution in [0.4, 0.5) is 0 Å². The Hall–Kier alpha value is -1.56. The third-order valence-corrected chi connectivity index (χ3v) is 3.65. The number of carbonyl (C=O) groups is 1. The van der Waals surface area contributed by atoms with Crippen LogP contribution in [0.2, 0.25) is 0 Å². The number of guanidine groups is 1. The zero-order chi connectivity index (χ0) is 16.2. The maximum atomic E-state index is 11.9. The summed E-state index contributed by atoms with van der Waals surface area (Å²) in [5, 5.41) is 5.83. The van der Waals surface area contributed by atoms with Gasteiger partial charge in [-0.2, -0.15) is 0 Å². The number of nitrogens with one attached hydrogen (secondary N) is 2. The summed E-state index contributed by atoms with van der Waals surface area (Å²) in [6.45, 7) is 4.00. The lowest BCUT2D eigenvalue weighted by Gasteiger charge is -2.07. The number of amides is 1. The molecule has 0 spiro atoms. The van der Waals surface area contributed by atoms with Gasteiger partial charge < -0.3 is 16.4 Å². The molecule has 1 amide bonds. The topological polar surface area (TPSA) is 79.5 Å². The molecule has 1 aromatic rings. The first-order valence-corrected chi connectivity index (χ1v) is 8.50. The number of nitrogens with zero attached hydrogens (tertiary/aromatic N) is 1. The van der Waals surface area contributed by atoms with E-state index in [1.807, 2.05) is 12.1 Å². The van der Waals surface area contributed by atoms with Crippen LogP contribution in [0.1, 0.15) is 43.0 Å². The smallest absolute Gasteiger partial charge is 0.251 e. The molecule has 0 bridgehead atoms. The molecule has 22 heavy (non-hydrogen) atoms. The number of unbranched alkanes of at least 4 members (excludes halogenated alkanes) is 3. The summed E-state index contributed by atoms with van der Waals surface area (Å²) in [7, 11) is 0. The Morgan fingerprint density at radius 2 is 1.82 bits per heavy atom. The van der Waals surface area contributed by atoms with Crippen LogP contribution in [0.25, 0.3) is 0 Å². The van der Waals surface area contributed by atoms with Crippen molar-refractivity contribution in [3.8, 4) is 0 Å². The van der Waals surface area contributed by atoms with Crippen LogP contribution in [0.5, 0.6) is 0 Å². The van der Waals surface area contributed by atoms with Crippen LogP contribution in [0, 0.1) is 0 Å². The predicted octanol–water partition coefficient (Wildman–Crippen LogP) is 2.66. The largest absolute Gasteiger partial charge is 0.370 e. The van der Waals surface area contributed by atoms with Crippen LogP contribution in [0.15, 0.2) is 33.7 Å². The van der Waals surface area contributed by atoms with Gasteiger partial charge in [0.05, 0.1) is 0 Å². The average molecular weight is 369 g/mol. The normalized spacial score (nSPS) is 11.3. The van der Waals surface area contributed by atoms with Gasteiger partial charge in [0.15, 0.2) is 5.96 Å².